The van der Waals surface area contributed by atoms with Crippen molar-refractivity contribution in [3.8, 4) is 0 Å². The van der Waals surface area contributed by atoms with Crippen LogP contribution in [0.25, 0.3) is 0 Å². The summed E-state index contributed by atoms with van der Waals surface area (Å²) in [5, 5.41) is 4.74. The van der Waals surface area contributed by atoms with Gasteiger partial charge in [-0.2, -0.15) is 0 Å². The van der Waals surface area contributed by atoms with Gasteiger partial charge in [0.25, 0.3) is 11.1 Å². The Morgan fingerprint density at radius 2 is 1.32 bits per heavy atom. The normalized spacial score (nSPS) is 9.59. The van der Waals surface area contributed by atoms with Crippen LogP contribution >= 0.6 is 11.6 Å². The Morgan fingerprint density at radius 3 is 1.45 bits per heavy atom. The first-order valence-corrected chi connectivity index (χ1v) is 7.24. The molecule has 0 rings (SSSR count). The van der Waals surface area contributed by atoms with Gasteiger partial charge in [0.15, 0.2) is 0 Å². The third kappa shape index (κ3) is 27.1. The van der Waals surface area contributed by atoms with Crippen molar-refractivity contribution in [2.45, 2.75) is 61.4 Å². The summed E-state index contributed by atoms with van der Waals surface area (Å²) in [5.74, 6) is -1.54. The van der Waals surface area contributed by atoms with Crippen LogP contribution in [-0.2, 0) is 19.2 Å². The number of hydrogen-bond donors (Lipinski definition) is 2. The molecule has 6 nitrogen and oxygen atoms in total. The summed E-state index contributed by atoms with van der Waals surface area (Å²) in [6.45, 7) is 12.6. The second-order valence-corrected chi connectivity index (χ2v) is 4.47. The highest BCUT2D eigenvalue weighted by atomic mass is 35.5. The van der Waals surface area contributed by atoms with E-state index < -0.39 is 22.7 Å². The molecule has 1 unspecified atom stereocenters. The molecule has 0 aromatic carbocycles. The minimum Gasteiger partial charge on any atom is -0.347 e. The van der Waals surface area contributed by atoms with Crippen LogP contribution < -0.4 is 10.6 Å². The maximum Gasteiger partial charge on any atom is 0.287 e. The molecule has 7 heteroatoms. The van der Waals surface area contributed by atoms with Gasteiger partial charge in [0.2, 0.25) is 11.6 Å². The minimum absolute atomic E-state index is 0. The molecular formula is C15H31ClN2O4. The number of nitrogens with one attached hydrogen (secondary N) is 2. The van der Waals surface area contributed by atoms with Gasteiger partial charge in [0.1, 0.15) is 0 Å². The number of amides is 1. The fourth-order valence-electron chi connectivity index (χ4n) is 0.677. The number of rotatable bonds is 6. The summed E-state index contributed by atoms with van der Waals surface area (Å²) < 4.78 is 0. The van der Waals surface area contributed by atoms with Crippen LogP contribution in [0.5, 0.6) is 0 Å². The van der Waals surface area contributed by atoms with Gasteiger partial charge in [-0.1, -0.05) is 28.2 Å². The molecule has 0 fully saturated rings. The smallest absolute Gasteiger partial charge is 0.287 e. The van der Waals surface area contributed by atoms with E-state index in [9.17, 15) is 19.2 Å². The Labute approximate surface area is 139 Å². The van der Waals surface area contributed by atoms with Crippen molar-refractivity contribution in [3.63, 3.8) is 0 Å². The maximum atomic E-state index is 10.7. The molecule has 0 aliphatic rings. The van der Waals surface area contributed by atoms with Crippen molar-refractivity contribution >= 4 is 34.3 Å². The fraction of sp³-hybridized carbons (Fsp3) is 0.733. The fourth-order valence-corrected chi connectivity index (χ4v) is 0.677. The summed E-state index contributed by atoms with van der Waals surface area (Å²) in [6.07, 6.45) is 0.846. The zero-order valence-corrected chi connectivity index (χ0v) is 14.5. The molecule has 0 radical (unpaired) electrons. The van der Waals surface area contributed by atoms with Crippen LogP contribution in [0.1, 0.15) is 55.4 Å². The number of carbonyl (C=O) groups is 4. The van der Waals surface area contributed by atoms with E-state index in [-0.39, 0.29) is 13.5 Å². The number of halogens is 1. The summed E-state index contributed by atoms with van der Waals surface area (Å²) >= 11 is 4.62. The van der Waals surface area contributed by atoms with Gasteiger partial charge in [-0.25, -0.2) is 0 Å². The average Bonchev–Trinajstić information content (AvgIpc) is 2.40. The third-order valence-corrected chi connectivity index (χ3v) is 2.35. The topological polar surface area (TPSA) is 92.3 Å². The lowest BCUT2D eigenvalue weighted by atomic mass is 10.2. The molecule has 132 valence electrons. The van der Waals surface area contributed by atoms with Gasteiger partial charge >= 0.3 is 0 Å². The van der Waals surface area contributed by atoms with E-state index in [1.165, 1.54) is 6.92 Å². The molecule has 1 atom stereocenters. The average molecular weight is 339 g/mol. The third-order valence-electron chi connectivity index (χ3n) is 2.09. The number of Topliss-reactive ketones (excluding diaryl/α,β-unsaturated/α-hetero) is 2. The Kier molecular flexibility index (Phi) is 25.9. The van der Waals surface area contributed by atoms with Crippen LogP contribution in [0.15, 0.2) is 0 Å². The molecular weight excluding hydrogens is 308 g/mol. The van der Waals surface area contributed by atoms with E-state index in [0.717, 1.165) is 26.4 Å². The van der Waals surface area contributed by atoms with E-state index >= 15 is 0 Å². The first-order chi connectivity index (χ1) is 9.63. The molecule has 0 aromatic rings. The Balaban J connectivity index is -0.000000117. The van der Waals surface area contributed by atoms with Gasteiger partial charge < -0.3 is 10.6 Å². The maximum absolute atomic E-state index is 10.7. The van der Waals surface area contributed by atoms with Crippen LogP contribution in [0.3, 0.4) is 0 Å². The Bertz CT molecular complexity index is 320. The van der Waals surface area contributed by atoms with Crippen LogP contribution in [-0.4, -0.2) is 41.8 Å². The van der Waals surface area contributed by atoms with E-state index in [2.05, 4.69) is 36.1 Å². The van der Waals surface area contributed by atoms with Crippen molar-refractivity contribution in [2.75, 3.05) is 13.1 Å². The van der Waals surface area contributed by atoms with E-state index in [4.69, 9.17) is 0 Å². The van der Waals surface area contributed by atoms with Gasteiger partial charge in [-0.3, -0.25) is 19.2 Å². The van der Waals surface area contributed by atoms with Crippen molar-refractivity contribution in [1.29, 1.82) is 0 Å². The van der Waals surface area contributed by atoms with Gasteiger partial charge in [-0.15, -0.1) is 0 Å². The molecule has 0 bridgehead atoms. The number of carbonyl (C=O) groups excluding carboxylic acids is 4. The Hall–Kier alpha value is -1.27. The summed E-state index contributed by atoms with van der Waals surface area (Å²) in [4.78, 5) is 40.3. The molecule has 1 amide bonds. The molecule has 0 spiro atoms. The van der Waals surface area contributed by atoms with Crippen molar-refractivity contribution in [1.82, 2.24) is 10.6 Å². The lowest BCUT2D eigenvalue weighted by Gasteiger charge is -2.08. The van der Waals surface area contributed by atoms with Gasteiger partial charge in [0.05, 0.1) is 0 Å². The molecule has 2 N–H and O–H groups in total. The second kappa shape index (κ2) is 19.7. The highest BCUT2D eigenvalue weighted by molar-refractivity contribution is 6.80. The highest BCUT2D eigenvalue weighted by Gasteiger charge is 2.08. The van der Waals surface area contributed by atoms with Crippen molar-refractivity contribution in [3.05, 3.63) is 0 Å². The van der Waals surface area contributed by atoms with Gasteiger partial charge in [0, 0.05) is 19.9 Å². The van der Waals surface area contributed by atoms with Crippen LogP contribution in [0.2, 0.25) is 0 Å². The Morgan fingerprint density at radius 1 is 0.955 bits per heavy atom. The summed E-state index contributed by atoms with van der Waals surface area (Å²) in [5.41, 5.74) is 0. The van der Waals surface area contributed by atoms with E-state index in [1.807, 2.05) is 13.8 Å². The first-order valence-electron chi connectivity index (χ1n) is 6.86. The van der Waals surface area contributed by atoms with Crippen LogP contribution in [0.4, 0.5) is 0 Å². The molecule has 0 aliphatic heterocycles. The van der Waals surface area contributed by atoms with Crippen molar-refractivity contribution in [2.24, 2.45) is 0 Å². The number of hydrogen-bond acceptors (Lipinski definition) is 5. The summed E-state index contributed by atoms with van der Waals surface area (Å²) in [6, 6.07) is 0.0939. The molecule has 0 saturated heterocycles. The SMILES string of the molecule is C.CC(=O)C(=O)Cl.CCC(C)NC(=O)C(C)=O.CCNCC. The zero-order chi connectivity index (χ0) is 17.4. The molecule has 0 aromatic heterocycles. The highest BCUT2D eigenvalue weighted by Crippen LogP contribution is 1.86. The first kappa shape index (κ1) is 28.8. The lowest BCUT2D eigenvalue weighted by molar-refractivity contribution is -0.137. The minimum atomic E-state index is -0.907. The molecule has 22 heavy (non-hydrogen) atoms. The van der Waals surface area contributed by atoms with E-state index in [0.29, 0.717) is 0 Å². The number of ketones is 2. The zero-order valence-electron chi connectivity index (χ0n) is 13.7. The monoisotopic (exact) mass is 338 g/mol. The predicted octanol–water partition coefficient (Wildman–Crippen LogP) is 2.08. The quantitative estimate of drug-likeness (QED) is 0.571. The predicted molar refractivity (Wildman–Crippen MR) is 91.1 cm³/mol. The standard InChI is InChI=1S/C7H13NO2.C4H11N.C3H3ClO2.CH4/c1-4-5(2)8-7(10)6(3)9;1-3-5-4-2;1-2(5)3(4)6;/h5H,4H2,1-3H3,(H,8,10);5H,3-4H2,1-2H3;1H3;1H4. The summed E-state index contributed by atoms with van der Waals surface area (Å²) in [7, 11) is 0. The molecule has 0 saturated carbocycles. The molecule has 0 aliphatic carbocycles. The second-order valence-electron chi connectivity index (χ2n) is 4.13. The lowest BCUT2D eigenvalue weighted by Crippen LogP contribution is -2.35. The largest absolute Gasteiger partial charge is 0.347 e. The molecule has 0 heterocycles. The van der Waals surface area contributed by atoms with E-state index in [1.54, 1.807) is 0 Å². The van der Waals surface area contributed by atoms with Crippen LogP contribution in [0, 0.1) is 0 Å². The van der Waals surface area contributed by atoms with Gasteiger partial charge in [-0.05, 0) is 38.0 Å². The van der Waals surface area contributed by atoms with Crippen molar-refractivity contribution < 1.29 is 19.2 Å².